The summed E-state index contributed by atoms with van der Waals surface area (Å²) in [6.07, 6.45) is 4.97. The SMILES string of the molecule is Cc1nc(-c2cccnc2)ncc1C(=O)N[C@H]1C[C@H]2C(=O)N[C@@H](C)C(=O)N[C@H]3CCC[C@@H]3C(=O)N[C@H](C(C)C)C(=O)N[C@@H]([C@@H](C)O)C(=O)N2C1. The first-order valence-electron chi connectivity index (χ1n) is 17.0. The van der Waals surface area contributed by atoms with E-state index in [4.69, 9.17) is 0 Å². The van der Waals surface area contributed by atoms with Gasteiger partial charge in [-0.2, -0.15) is 0 Å². The Morgan fingerprint density at radius 3 is 2.36 bits per heavy atom. The molecule has 0 bridgehead atoms. The normalized spacial score (nSPS) is 28.6. The zero-order chi connectivity index (χ0) is 36.3. The number of aryl methyl sites for hydroxylation is 1. The minimum absolute atomic E-state index is 0.0127. The number of nitrogens with one attached hydrogen (secondary N) is 5. The maximum absolute atomic E-state index is 14.1. The molecule has 6 amide bonds. The van der Waals surface area contributed by atoms with Crippen LogP contribution in [-0.2, 0) is 24.0 Å². The van der Waals surface area contributed by atoms with E-state index in [-0.39, 0.29) is 24.4 Å². The van der Waals surface area contributed by atoms with Crippen molar-refractivity contribution in [3.05, 3.63) is 42.0 Å². The number of nitrogens with zero attached hydrogens (tertiary/aromatic N) is 4. The number of aliphatic hydroxyl groups is 1. The van der Waals surface area contributed by atoms with Crippen LogP contribution in [0.5, 0.6) is 0 Å². The first kappa shape index (κ1) is 36.3. The van der Waals surface area contributed by atoms with Crippen LogP contribution >= 0.6 is 0 Å². The molecule has 1 aliphatic carbocycles. The van der Waals surface area contributed by atoms with Gasteiger partial charge in [0.2, 0.25) is 29.5 Å². The average molecular weight is 692 g/mol. The van der Waals surface area contributed by atoms with Crippen LogP contribution in [0.3, 0.4) is 0 Å². The fourth-order valence-electron chi connectivity index (χ4n) is 6.76. The van der Waals surface area contributed by atoms with Crippen LogP contribution in [0.1, 0.15) is 69.4 Å². The molecule has 6 N–H and O–H groups in total. The molecule has 3 aliphatic rings. The second-order valence-electron chi connectivity index (χ2n) is 13.7. The molecule has 2 aromatic heterocycles. The lowest BCUT2D eigenvalue weighted by molar-refractivity contribution is -0.145. The van der Waals surface area contributed by atoms with Crippen LogP contribution in [-0.4, -0.2) is 109 Å². The zero-order valence-electron chi connectivity index (χ0n) is 28.8. The van der Waals surface area contributed by atoms with Gasteiger partial charge in [-0.15, -0.1) is 0 Å². The fourth-order valence-corrected chi connectivity index (χ4v) is 6.76. The van der Waals surface area contributed by atoms with Crippen LogP contribution in [0.25, 0.3) is 11.4 Å². The molecule has 5 rings (SSSR count). The summed E-state index contributed by atoms with van der Waals surface area (Å²) in [7, 11) is 0. The van der Waals surface area contributed by atoms with E-state index >= 15 is 0 Å². The van der Waals surface area contributed by atoms with Crippen molar-refractivity contribution in [3.8, 4) is 11.4 Å². The molecule has 0 spiro atoms. The molecule has 8 atom stereocenters. The average Bonchev–Trinajstić information content (AvgIpc) is 3.72. The first-order chi connectivity index (χ1) is 23.7. The summed E-state index contributed by atoms with van der Waals surface area (Å²) < 4.78 is 0. The van der Waals surface area contributed by atoms with Crippen LogP contribution in [0.4, 0.5) is 0 Å². The van der Waals surface area contributed by atoms with Gasteiger partial charge in [0.05, 0.1) is 23.3 Å². The van der Waals surface area contributed by atoms with Crippen molar-refractivity contribution < 1.29 is 33.9 Å². The van der Waals surface area contributed by atoms with Crippen molar-refractivity contribution >= 4 is 35.4 Å². The summed E-state index contributed by atoms with van der Waals surface area (Å²) in [4.78, 5) is 95.5. The van der Waals surface area contributed by atoms with Gasteiger partial charge < -0.3 is 36.6 Å². The summed E-state index contributed by atoms with van der Waals surface area (Å²) in [5.41, 5.74) is 1.28. The molecule has 2 saturated heterocycles. The highest BCUT2D eigenvalue weighted by molar-refractivity contribution is 5.98. The van der Waals surface area contributed by atoms with Crippen LogP contribution in [0, 0.1) is 18.8 Å². The lowest BCUT2D eigenvalue weighted by Crippen LogP contribution is -2.62. The molecule has 0 unspecified atom stereocenters. The van der Waals surface area contributed by atoms with Crippen LogP contribution < -0.4 is 26.6 Å². The van der Waals surface area contributed by atoms with Crippen molar-refractivity contribution in [3.63, 3.8) is 0 Å². The Labute approximate surface area is 290 Å². The smallest absolute Gasteiger partial charge is 0.254 e. The minimum atomic E-state index is -1.48. The van der Waals surface area contributed by atoms with E-state index in [2.05, 4.69) is 41.5 Å². The summed E-state index contributed by atoms with van der Waals surface area (Å²) in [6, 6.07) is -2.37. The lowest BCUT2D eigenvalue weighted by Gasteiger charge is -2.33. The number of carbonyl (C=O) groups excluding carboxylic acids is 6. The van der Waals surface area contributed by atoms with E-state index in [9.17, 15) is 33.9 Å². The number of rotatable bonds is 5. The monoisotopic (exact) mass is 691 g/mol. The van der Waals surface area contributed by atoms with Crippen LogP contribution in [0.2, 0.25) is 0 Å². The Morgan fingerprint density at radius 2 is 1.70 bits per heavy atom. The van der Waals surface area contributed by atoms with Gasteiger partial charge in [-0.25, -0.2) is 9.97 Å². The highest BCUT2D eigenvalue weighted by Gasteiger charge is 2.45. The first-order valence-corrected chi connectivity index (χ1v) is 17.0. The predicted molar refractivity (Wildman–Crippen MR) is 179 cm³/mol. The standard InChI is InChI=1S/C34H45N9O7/c1-16(2)26-33(49)42-27(19(5)44)34(50)43-15-21(39-31(47)23-14-36-28(37-17(23)3)20-8-7-11-35-13-20)12-25(43)32(48)38-18(4)29(45)40-24-10-6-9-22(24)30(46)41-26/h7-8,11,13-14,16,18-19,21-22,24-27,44H,6,9-10,12,15H2,1-5H3,(H,38,48)(H,39,47)(H,40,45)(H,41,46)(H,42,49)/t18-,19+,21-,22-,24-,25-,26+,27-/m0/s1. The molecule has 1 saturated carbocycles. The van der Waals surface area contributed by atoms with Gasteiger partial charge in [0.25, 0.3) is 5.91 Å². The second kappa shape index (κ2) is 15.3. The molecule has 2 aliphatic heterocycles. The molecule has 0 radical (unpaired) electrons. The number of hydrogen-bond acceptors (Lipinski definition) is 10. The summed E-state index contributed by atoms with van der Waals surface area (Å²) in [6.45, 7) is 7.85. The third kappa shape index (κ3) is 7.90. The third-order valence-corrected chi connectivity index (χ3v) is 9.59. The maximum Gasteiger partial charge on any atom is 0.254 e. The molecule has 268 valence electrons. The van der Waals surface area contributed by atoms with Gasteiger partial charge in [-0.1, -0.05) is 20.3 Å². The molecule has 3 fully saturated rings. The summed E-state index contributed by atoms with van der Waals surface area (Å²) >= 11 is 0. The fraction of sp³-hybridized carbons (Fsp3) is 0.559. The number of hydrogen-bond donors (Lipinski definition) is 6. The maximum atomic E-state index is 14.1. The van der Waals surface area contributed by atoms with Crippen molar-refractivity contribution in [1.82, 2.24) is 46.4 Å². The highest BCUT2D eigenvalue weighted by atomic mass is 16.3. The van der Waals surface area contributed by atoms with Crippen molar-refractivity contribution in [1.29, 1.82) is 0 Å². The van der Waals surface area contributed by atoms with Gasteiger partial charge >= 0.3 is 0 Å². The molecular formula is C34H45N9O7. The van der Waals surface area contributed by atoms with Crippen LogP contribution in [0.15, 0.2) is 30.7 Å². The molecule has 50 heavy (non-hydrogen) atoms. The number of carbonyl (C=O) groups is 6. The Morgan fingerprint density at radius 1 is 0.960 bits per heavy atom. The van der Waals surface area contributed by atoms with Crippen molar-refractivity contribution in [2.24, 2.45) is 11.8 Å². The molecule has 16 heteroatoms. The highest BCUT2D eigenvalue weighted by Crippen LogP contribution is 2.27. The number of aliphatic hydroxyl groups excluding tert-OH is 1. The van der Waals surface area contributed by atoms with E-state index in [0.717, 1.165) is 0 Å². The minimum Gasteiger partial charge on any atom is -0.391 e. The van der Waals surface area contributed by atoms with Crippen molar-refractivity contribution in [2.75, 3.05) is 6.54 Å². The van der Waals surface area contributed by atoms with Gasteiger partial charge in [0.1, 0.15) is 24.2 Å². The summed E-state index contributed by atoms with van der Waals surface area (Å²) in [5, 5.41) is 24.5. The van der Waals surface area contributed by atoms with E-state index in [1.54, 1.807) is 45.3 Å². The van der Waals surface area contributed by atoms with Gasteiger partial charge in [-0.05, 0) is 58.1 Å². The second-order valence-corrected chi connectivity index (χ2v) is 13.7. The third-order valence-electron chi connectivity index (χ3n) is 9.59. The quantitative estimate of drug-likeness (QED) is 0.233. The molecule has 16 nitrogen and oxygen atoms in total. The number of aromatic nitrogens is 3. The van der Waals surface area contributed by atoms with Gasteiger partial charge in [-0.3, -0.25) is 33.8 Å². The zero-order valence-corrected chi connectivity index (χ0v) is 28.8. The summed E-state index contributed by atoms with van der Waals surface area (Å²) in [5.74, 6) is -4.10. The molecule has 0 aromatic carbocycles. The van der Waals surface area contributed by atoms with Crippen molar-refractivity contribution in [2.45, 2.75) is 103 Å². The van der Waals surface area contributed by atoms with Gasteiger partial charge in [0, 0.05) is 42.8 Å². The largest absolute Gasteiger partial charge is 0.391 e. The topological polar surface area (TPSA) is 225 Å². The Hall–Kier alpha value is -4.99. The Bertz CT molecular complexity index is 1640. The van der Waals surface area contributed by atoms with E-state index in [1.165, 1.54) is 24.9 Å². The number of pyridine rings is 1. The molecule has 2 aromatic rings. The molecule has 4 heterocycles. The van der Waals surface area contributed by atoms with E-state index in [1.807, 2.05) is 0 Å². The van der Waals surface area contributed by atoms with Gasteiger partial charge in [0.15, 0.2) is 5.82 Å². The number of amides is 6. The van der Waals surface area contributed by atoms with E-state index < -0.39 is 83.7 Å². The Balaban J connectivity index is 1.41. The lowest BCUT2D eigenvalue weighted by atomic mass is 9.98. The molecular weight excluding hydrogens is 646 g/mol. The Kier molecular flexibility index (Phi) is 11.1. The predicted octanol–water partition coefficient (Wildman–Crippen LogP) is -0.644. The van der Waals surface area contributed by atoms with E-state index in [0.29, 0.717) is 36.3 Å². The number of fused-ring (bicyclic) bond motifs is 2.